The van der Waals surface area contributed by atoms with Crippen molar-refractivity contribution in [2.75, 3.05) is 0 Å². The van der Waals surface area contributed by atoms with Crippen molar-refractivity contribution in [1.29, 1.82) is 0 Å². The summed E-state index contributed by atoms with van der Waals surface area (Å²) in [5.41, 5.74) is 0. The fourth-order valence-corrected chi connectivity index (χ4v) is 0. The van der Waals surface area contributed by atoms with Crippen molar-refractivity contribution in [2.24, 2.45) is 0 Å². The fraction of sp³-hybridized carbons (Fsp3) is 0. The summed E-state index contributed by atoms with van der Waals surface area (Å²) in [5.74, 6) is 0. The molecule has 0 fully saturated rings. The van der Waals surface area contributed by atoms with Gasteiger partial charge in [0.25, 0.3) is 0 Å². The average Bonchev–Trinajstić information content (AvgIpc) is 0.918. The Balaban J connectivity index is 0. The van der Waals surface area contributed by atoms with Crippen LogP contribution in [-0.2, 0) is 3.80 Å². The molecule has 4 heteroatoms. The molecule has 0 aliphatic rings. The summed E-state index contributed by atoms with van der Waals surface area (Å²) in [6, 6.07) is 0. The second-order valence-corrected chi connectivity index (χ2v) is 0.289. The summed E-state index contributed by atoms with van der Waals surface area (Å²) in [7, 11) is 0. The zero-order valence-electron chi connectivity index (χ0n) is 1.75. The van der Waals surface area contributed by atoms with E-state index in [4.69, 9.17) is 7.96 Å². The van der Waals surface area contributed by atoms with Gasteiger partial charge in [-0.05, 0) is 0 Å². The molecule has 0 aromatic carbocycles. The van der Waals surface area contributed by atoms with E-state index in [0.29, 0.717) is 0 Å². The fourth-order valence-electron chi connectivity index (χ4n) is 0. The average molecular weight is 216 g/mol. The molecule has 0 amide bonds. The van der Waals surface area contributed by atoms with Gasteiger partial charge in [0.2, 0.25) is 0 Å². The second-order valence-electron chi connectivity index (χ2n) is 0.0962. The van der Waals surface area contributed by atoms with Crippen LogP contribution < -0.4 is 4.16 Å². The predicted octanol–water partition coefficient (Wildman–Crippen LogP) is -1.69. The summed E-state index contributed by atoms with van der Waals surface area (Å²) < 4.78 is 16.9. The standard InChI is InChI=1S/Al.Gd.2O/q;+1;;-1. The molecule has 0 unspecified atom stereocenters. The van der Waals surface area contributed by atoms with Crippen LogP contribution in [0.15, 0.2) is 0 Å². The van der Waals surface area contributed by atoms with Crippen molar-refractivity contribution in [3.8, 4) is 0 Å². The summed E-state index contributed by atoms with van der Waals surface area (Å²) in [4.78, 5) is 0. The maximum atomic E-state index is 8.46. The van der Waals surface area contributed by atoms with E-state index < -0.39 is 15.5 Å². The Labute approximate surface area is 62.5 Å². The van der Waals surface area contributed by atoms with Crippen molar-refractivity contribution in [3.05, 3.63) is 0 Å². The van der Waals surface area contributed by atoms with Crippen LogP contribution >= 0.6 is 0 Å². The molecule has 0 N–H and O–H groups in total. The molecule has 0 atom stereocenters. The first-order valence-electron chi connectivity index (χ1n) is 0.471. The zero-order chi connectivity index (χ0) is 2.71. The summed E-state index contributed by atoms with van der Waals surface area (Å²) in [6.07, 6.45) is 0. The van der Waals surface area contributed by atoms with Gasteiger partial charge in [-0.3, -0.25) is 0 Å². The van der Waals surface area contributed by atoms with Crippen molar-refractivity contribution in [2.45, 2.75) is 0 Å². The molecule has 0 spiro atoms. The Morgan fingerprint density at radius 3 is 1.75 bits per heavy atom. The minimum atomic E-state index is -1.75. The van der Waals surface area contributed by atoms with Crippen LogP contribution in [0.2, 0.25) is 0 Å². The monoisotopic (exact) mass is 217 g/mol. The molecule has 23 valence electrons. The quantitative estimate of drug-likeness (QED) is 0.453. The third kappa shape index (κ3) is 9.83. The van der Waals surface area contributed by atoms with Gasteiger partial charge >= 0.3 is 63.4 Å². The molecular formula is AlGdO2. The third-order valence-electron chi connectivity index (χ3n) is 0. The molecule has 4 heavy (non-hydrogen) atoms. The van der Waals surface area contributed by atoms with Gasteiger partial charge in [-0.25, -0.2) is 0 Å². The molecule has 0 saturated heterocycles. The van der Waals surface area contributed by atoms with Gasteiger partial charge in [-0.2, -0.15) is 0 Å². The van der Waals surface area contributed by atoms with E-state index in [0.717, 1.165) is 0 Å². The van der Waals surface area contributed by atoms with Gasteiger partial charge in [0.05, 0.1) is 0 Å². The van der Waals surface area contributed by atoms with Crippen LogP contribution in [0.25, 0.3) is 0 Å². The van der Waals surface area contributed by atoms with Gasteiger partial charge in [0, 0.05) is 0 Å². The third-order valence-corrected chi connectivity index (χ3v) is 0. The van der Waals surface area contributed by atoms with E-state index in [1.165, 1.54) is 0 Å². The molecule has 2 nitrogen and oxygen atoms in total. The molecule has 0 saturated carbocycles. The van der Waals surface area contributed by atoms with Gasteiger partial charge in [-0.1, -0.05) is 0 Å². The summed E-state index contributed by atoms with van der Waals surface area (Å²) in [5, 5.41) is 0. The van der Waals surface area contributed by atoms with Crippen molar-refractivity contribution in [3.63, 3.8) is 0 Å². The second kappa shape index (κ2) is 8.82. The molecule has 0 heterocycles. The molecule has 1 radical (unpaired) electrons. The Morgan fingerprint density at radius 1 is 1.75 bits per heavy atom. The van der Waals surface area contributed by atoms with Crippen LogP contribution in [0.3, 0.4) is 0 Å². The molecule has 0 bridgehead atoms. The van der Waals surface area contributed by atoms with Gasteiger partial charge in [-0.15, -0.1) is 0 Å². The van der Waals surface area contributed by atoms with Crippen LogP contribution in [0.4, 0.5) is 0 Å². The molecule has 0 rings (SSSR count). The molecule has 0 aromatic rings. The first-order valence-corrected chi connectivity index (χ1v) is 1.41. The number of hydrogen-bond acceptors (Lipinski definition) is 2. The van der Waals surface area contributed by atoms with Crippen LogP contribution in [0, 0.1) is 39.9 Å². The van der Waals surface area contributed by atoms with E-state index in [-0.39, 0.29) is 39.9 Å². The van der Waals surface area contributed by atoms with Crippen molar-refractivity contribution >= 4 is 15.5 Å². The Morgan fingerprint density at radius 2 is 1.75 bits per heavy atom. The number of hydrogen-bond donors (Lipinski definition) is 0. The van der Waals surface area contributed by atoms with Crippen LogP contribution in [-0.4, -0.2) is 15.5 Å². The minimum absolute atomic E-state index is 0. The Kier molecular flexibility index (Phi) is 20.0. The van der Waals surface area contributed by atoms with E-state index in [1.807, 2.05) is 0 Å². The predicted molar refractivity (Wildman–Crippen MR) is 6.44 cm³/mol. The number of rotatable bonds is 0. The first-order chi connectivity index (χ1) is 1.41. The molecular weight excluding hydrogens is 216 g/mol. The van der Waals surface area contributed by atoms with Crippen LogP contribution in [0.1, 0.15) is 0 Å². The van der Waals surface area contributed by atoms with E-state index in [9.17, 15) is 0 Å². The van der Waals surface area contributed by atoms with Crippen LogP contribution in [0.5, 0.6) is 0 Å². The van der Waals surface area contributed by atoms with Gasteiger partial charge < -0.3 is 0 Å². The Bertz CT molecular complexity index is 13.5. The van der Waals surface area contributed by atoms with Crippen molar-refractivity contribution < 1.29 is 47.9 Å². The molecule has 0 aromatic heterocycles. The van der Waals surface area contributed by atoms with Gasteiger partial charge in [0.1, 0.15) is 0 Å². The van der Waals surface area contributed by atoms with E-state index in [2.05, 4.69) is 0 Å². The van der Waals surface area contributed by atoms with E-state index >= 15 is 0 Å². The molecule has 0 aliphatic heterocycles. The SMILES string of the molecule is [Gd+].[O]=[Al][O-]. The summed E-state index contributed by atoms with van der Waals surface area (Å²) >= 11 is -1.75. The Hall–Kier alpha value is 1.46. The van der Waals surface area contributed by atoms with Crippen molar-refractivity contribution in [1.82, 2.24) is 0 Å². The zero-order valence-corrected chi connectivity index (χ0v) is 5.17. The van der Waals surface area contributed by atoms with E-state index in [1.54, 1.807) is 0 Å². The van der Waals surface area contributed by atoms with Gasteiger partial charge in [0.15, 0.2) is 0 Å². The molecule has 0 aliphatic carbocycles. The first kappa shape index (κ1) is 9.07. The maximum absolute atomic E-state index is 8.46. The normalized spacial score (nSPS) is 2.00. The topological polar surface area (TPSA) is 40.1 Å². The summed E-state index contributed by atoms with van der Waals surface area (Å²) in [6.45, 7) is 0.